The number of phenols is 1. The minimum absolute atomic E-state index is 0.0298. The van der Waals surface area contributed by atoms with E-state index in [2.05, 4.69) is 6.92 Å². The zero-order valence-corrected chi connectivity index (χ0v) is 21.4. The van der Waals surface area contributed by atoms with Crippen molar-refractivity contribution < 1.29 is 27.8 Å². The lowest BCUT2D eigenvalue weighted by Gasteiger charge is -2.50. The minimum atomic E-state index is -4.06. The lowest BCUT2D eigenvalue weighted by atomic mass is 9.55. The molecular formula is C26H30ClNO6S. The van der Waals surface area contributed by atoms with Crippen LogP contribution in [0.1, 0.15) is 66.4 Å². The van der Waals surface area contributed by atoms with Gasteiger partial charge >= 0.3 is 5.97 Å². The highest BCUT2D eigenvalue weighted by Gasteiger charge is 2.56. The van der Waals surface area contributed by atoms with E-state index in [1.165, 1.54) is 29.3 Å². The number of aromatic hydroxyl groups is 1. The molecule has 5 rings (SSSR count). The van der Waals surface area contributed by atoms with Gasteiger partial charge in [-0.05, 0) is 97.7 Å². The summed E-state index contributed by atoms with van der Waals surface area (Å²) in [6.45, 7) is 2.23. The highest BCUT2D eigenvalue weighted by Crippen LogP contribution is 2.62. The summed E-state index contributed by atoms with van der Waals surface area (Å²) in [5, 5.41) is 15.4. The number of benzene rings is 2. The summed E-state index contributed by atoms with van der Waals surface area (Å²) >= 11 is 5.96. The third kappa shape index (κ3) is 4.09. The highest BCUT2D eigenvalue weighted by molar-refractivity contribution is 7.89. The molecule has 35 heavy (non-hydrogen) atoms. The average Bonchev–Trinajstić information content (AvgIpc) is 3.14. The average molecular weight is 520 g/mol. The number of aryl methyl sites for hydroxylation is 1. The number of carbonyl (C=O) groups excluding carboxylic acids is 1. The van der Waals surface area contributed by atoms with Crippen LogP contribution < -0.4 is 9.88 Å². The molecule has 5 atom stereocenters. The molecule has 0 bridgehead atoms. The van der Waals surface area contributed by atoms with Crippen LogP contribution >= 0.6 is 11.6 Å². The number of hydrogen-bond donors (Lipinski definition) is 2. The number of ether oxygens (including phenoxy) is 2. The molecule has 2 aromatic carbocycles. The molecule has 0 aliphatic heterocycles. The Bertz CT molecular complexity index is 1290. The molecule has 3 aliphatic rings. The van der Waals surface area contributed by atoms with Crippen molar-refractivity contribution in [2.45, 2.75) is 62.4 Å². The van der Waals surface area contributed by atoms with Gasteiger partial charge < -0.3 is 14.6 Å². The van der Waals surface area contributed by atoms with Crippen molar-refractivity contribution in [2.75, 3.05) is 7.11 Å². The topological polar surface area (TPSA) is 116 Å². The lowest BCUT2D eigenvalue weighted by Crippen LogP contribution is -2.45. The Balaban J connectivity index is 1.37. The Morgan fingerprint density at radius 1 is 1.17 bits per heavy atom. The number of carbonyl (C=O) groups is 1. The Labute approximate surface area is 210 Å². The SMILES string of the molecule is COc1cc2c(cc1O)CCC1C2CC[C@@]2(C)C1CC[C@@H]2OC(=O)c1ccc(Cl)c(S(N)(=O)=O)c1. The number of primary sulfonamides is 1. The summed E-state index contributed by atoms with van der Waals surface area (Å²) in [7, 11) is -2.49. The van der Waals surface area contributed by atoms with Gasteiger partial charge in [-0.15, -0.1) is 0 Å². The van der Waals surface area contributed by atoms with Gasteiger partial charge in [0.15, 0.2) is 11.5 Å². The van der Waals surface area contributed by atoms with Gasteiger partial charge in [0.1, 0.15) is 11.0 Å². The molecule has 188 valence electrons. The fourth-order valence-electron chi connectivity index (χ4n) is 6.94. The fourth-order valence-corrected chi connectivity index (χ4v) is 8.01. The predicted molar refractivity (Wildman–Crippen MR) is 131 cm³/mol. The maximum absolute atomic E-state index is 13.0. The van der Waals surface area contributed by atoms with Crippen LogP contribution in [0.3, 0.4) is 0 Å². The molecule has 2 saturated carbocycles. The molecule has 2 fully saturated rings. The van der Waals surface area contributed by atoms with Crippen LogP contribution in [0, 0.1) is 17.3 Å². The maximum atomic E-state index is 13.0. The molecule has 2 aromatic rings. The number of rotatable bonds is 4. The van der Waals surface area contributed by atoms with Gasteiger partial charge in [0.25, 0.3) is 0 Å². The highest BCUT2D eigenvalue weighted by atomic mass is 35.5. The third-order valence-electron chi connectivity index (χ3n) is 8.66. The monoisotopic (exact) mass is 519 g/mol. The molecule has 0 amide bonds. The van der Waals surface area contributed by atoms with Gasteiger partial charge in [0.2, 0.25) is 10.0 Å². The zero-order valence-electron chi connectivity index (χ0n) is 19.8. The molecule has 3 aliphatic carbocycles. The van der Waals surface area contributed by atoms with Gasteiger partial charge in [-0.2, -0.15) is 0 Å². The van der Waals surface area contributed by atoms with Crippen molar-refractivity contribution in [3.63, 3.8) is 0 Å². The van der Waals surface area contributed by atoms with Crippen molar-refractivity contribution >= 4 is 27.6 Å². The number of esters is 1. The van der Waals surface area contributed by atoms with E-state index in [-0.39, 0.29) is 32.8 Å². The van der Waals surface area contributed by atoms with Crippen LogP contribution in [-0.2, 0) is 21.2 Å². The molecule has 0 spiro atoms. The van der Waals surface area contributed by atoms with Crippen molar-refractivity contribution in [1.29, 1.82) is 0 Å². The second kappa shape index (κ2) is 8.68. The molecule has 0 heterocycles. The summed E-state index contributed by atoms with van der Waals surface area (Å²) in [6, 6.07) is 7.85. The van der Waals surface area contributed by atoms with Gasteiger partial charge in [-0.3, -0.25) is 0 Å². The number of methoxy groups -OCH3 is 1. The number of fused-ring (bicyclic) bond motifs is 5. The molecule has 3 N–H and O–H groups in total. The summed E-state index contributed by atoms with van der Waals surface area (Å²) in [5.74, 6) is 1.42. The fraction of sp³-hybridized carbons (Fsp3) is 0.500. The van der Waals surface area contributed by atoms with E-state index in [4.69, 9.17) is 26.2 Å². The van der Waals surface area contributed by atoms with Gasteiger partial charge in [-0.25, -0.2) is 18.4 Å². The van der Waals surface area contributed by atoms with Crippen molar-refractivity contribution in [3.8, 4) is 11.5 Å². The first-order chi connectivity index (χ1) is 16.5. The van der Waals surface area contributed by atoms with E-state index >= 15 is 0 Å². The van der Waals surface area contributed by atoms with Crippen LogP contribution in [-0.4, -0.2) is 32.7 Å². The smallest absolute Gasteiger partial charge is 0.338 e. The van der Waals surface area contributed by atoms with Crippen molar-refractivity contribution in [3.05, 3.63) is 52.0 Å². The standard InChI is InChI=1S/C26H30ClNO6S/c1-26-10-9-16-17(5-3-14-11-21(29)22(33-2)13-18(14)16)19(26)6-8-24(26)34-25(30)15-4-7-20(27)23(12-15)35(28,31)32/h4,7,11-13,16-17,19,24,29H,3,5-6,8-10H2,1-2H3,(H2,28,31,32)/t16?,17?,19?,24-,26-/m0/s1. The molecular weight excluding hydrogens is 490 g/mol. The number of nitrogens with two attached hydrogens (primary N) is 1. The number of halogens is 1. The first-order valence-electron chi connectivity index (χ1n) is 12.0. The number of phenolic OH excluding ortho intramolecular Hbond substituents is 1. The third-order valence-corrected chi connectivity index (χ3v) is 10.1. The van der Waals surface area contributed by atoms with E-state index in [1.807, 2.05) is 12.1 Å². The van der Waals surface area contributed by atoms with Crippen molar-refractivity contribution in [1.82, 2.24) is 0 Å². The van der Waals surface area contributed by atoms with Gasteiger partial charge in [-0.1, -0.05) is 18.5 Å². The summed E-state index contributed by atoms with van der Waals surface area (Å²) in [5.41, 5.74) is 2.44. The minimum Gasteiger partial charge on any atom is -0.504 e. The van der Waals surface area contributed by atoms with Gasteiger partial charge in [0, 0.05) is 5.41 Å². The van der Waals surface area contributed by atoms with E-state index < -0.39 is 16.0 Å². The first-order valence-corrected chi connectivity index (χ1v) is 13.9. The van der Waals surface area contributed by atoms with E-state index in [1.54, 1.807) is 7.11 Å². The quantitative estimate of drug-likeness (QED) is 0.561. The van der Waals surface area contributed by atoms with Crippen molar-refractivity contribution in [2.24, 2.45) is 22.4 Å². The second-order valence-corrected chi connectivity index (χ2v) is 12.3. The summed E-state index contributed by atoms with van der Waals surface area (Å²) in [4.78, 5) is 12.7. The molecule has 0 aromatic heterocycles. The Kier molecular flexibility index (Phi) is 6.05. The summed E-state index contributed by atoms with van der Waals surface area (Å²) in [6.07, 6.45) is 5.35. The normalized spacial score (nSPS) is 29.6. The van der Waals surface area contributed by atoms with E-state index in [9.17, 15) is 18.3 Å². The Morgan fingerprint density at radius 3 is 2.66 bits per heavy atom. The van der Waals surface area contributed by atoms with Gasteiger partial charge in [0.05, 0.1) is 17.7 Å². The number of sulfonamides is 1. The second-order valence-electron chi connectivity index (χ2n) is 10.3. The molecule has 7 nitrogen and oxygen atoms in total. The summed E-state index contributed by atoms with van der Waals surface area (Å²) < 4.78 is 35.0. The lowest BCUT2D eigenvalue weighted by molar-refractivity contribution is -0.0428. The van der Waals surface area contributed by atoms with Crippen LogP contribution in [0.25, 0.3) is 0 Å². The van der Waals surface area contributed by atoms with E-state index in [0.29, 0.717) is 23.5 Å². The molecule has 9 heteroatoms. The Hall–Kier alpha value is -2.29. The predicted octanol–water partition coefficient (Wildman–Crippen LogP) is 4.78. The van der Waals surface area contributed by atoms with Crippen LogP contribution in [0.15, 0.2) is 35.2 Å². The molecule has 0 radical (unpaired) electrons. The zero-order chi connectivity index (χ0) is 25.1. The largest absolute Gasteiger partial charge is 0.504 e. The van der Waals surface area contributed by atoms with Crippen LogP contribution in [0.2, 0.25) is 5.02 Å². The Morgan fingerprint density at radius 2 is 1.94 bits per heavy atom. The van der Waals surface area contributed by atoms with E-state index in [0.717, 1.165) is 38.5 Å². The maximum Gasteiger partial charge on any atom is 0.338 e. The van der Waals surface area contributed by atoms with Crippen LogP contribution in [0.4, 0.5) is 0 Å². The molecule has 3 unspecified atom stereocenters. The number of hydrogen-bond acceptors (Lipinski definition) is 6. The van der Waals surface area contributed by atoms with Crippen LogP contribution in [0.5, 0.6) is 11.5 Å². The first kappa shape index (κ1) is 24.4. The molecule has 0 saturated heterocycles.